The second-order valence-corrected chi connectivity index (χ2v) is 4.74. The fraction of sp³-hybridized carbons (Fsp3) is 0.400. The molecule has 0 amide bonds. The van der Waals surface area contributed by atoms with Crippen LogP contribution in [-0.2, 0) is 0 Å². The monoisotopic (exact) mass is 299 g/mol. The maximum atomic E-state index is 4.62. The summed E-state index contributed by atoms with van der Waals surface area (Å²) in [6, 6.07) is 0. The van der Waals surface area contributed by atoms with E-state index in [1.807, 2.05) is 18.6 Å². The highest BCUT2D eigenvalue weighted by Gasteiger charge is 2.24. The number of nitrogens with zero attached hydrogens (tertiary/aromatic N) is 3. The van der Waals surface area contributed by atoms with Crippen molar-refractivity contribution in [3.05, 3.63) is 28.1 Å². The van der Waals surface area contributed by atoms with Gasteiger partial charge in [0.2, 0.25) is 0 Å². The van der Waals surface area contributed by atoms with Crippen molar-refractivity contribution in [3.8, 4) is 0 Å². The molecule has 1 fully saturated rings. The molecule has 1 aliphatic rings. The van der Waals surface area contributed by atoms with Gasteiger partial charge in [-0.1, -0.05) is 6.42 Å². The maximum absolute atomic E-state index is 4.62. The van der Waals surface area contributed by atoms with E-state index in [4.69, 9.17) is 0 Å². The lowest BCUT2D eigenvalue weighted by Gasteiger charge is -2.23. The van der Waals surface area contributed by atoms with Crippen LogP contribution in [-0.4, -0.2) is 14.4 Å². The molecule has 2 heterocycles. The topological polar surface area (TPSA) is 30.2 Å². The molecule has 2 aromatic heterocycles. The highest BCUT2D eigenvalue weighted by Crippen LogP contribution is 2.36. The number of rotatable bonds is 1. The lowest BCUT2D eigenvalue weighted by atomic mass is 9.85. The van der Waals surface area contributed by atoms with Crippen LogP contribution >= 0.6 is 22.6 Å². The Bertz CT molecular complexity index is 473. The van der Waals surface area contributed by atoms with Crippen LogP contribution < -0.4 is 0 Å². The van der Waals surface area contributed by atoms with Crippen LogP contribution in [0, 0.1) is 3.70 Å². The van der Waals surface area contributed by atoms with Crippen molar-refractivity contribution in [1.82, 2.24) is 14.4 Å². The second-order valence-electron chi connectivity index (χ2n) is 3.72. The number of imidazole rings is 1. The predicted molar refractivity (Wildman–Crippen MR) is 62.3 cm³/mol. The van der Waals surface area contributed by atoms with E-state index in [2.05, 4.69) is 37.0 Å². The Morgan fingerprint density at radius 3 is 3.00 bits per heavy atom. The Balaban J connectivity index is 2.23. The van der Waals surface area contributed by atoms with Gasteiger partial charge in [-0.25, -0.2) is 4.98 Å². The van der Waals surface area contributed by atoms with Crippen LogP contribution in [0.15, 0.2) is 18.6 Å². The summed E-state index contributed by atoms with van der Waals surface area (Å²) >= 11 is 2.28. The molecule has 1 aliphatic carbocycles. The van der Waals surface area contributed by atoms with E-state index in [0.717, 1.165) is 9.22 Å². The highest BCUT2D eigenvalue weighted by atomic mass is 127. The predicted octanol–water partition coefficient (Wildman–Crippen LogP) is 2.60. The molecule has 3 rings (SSSR count). The summed E-state index contributed by atoms with van der Waals surface area (Å²) in [5.41, 5.74) is 1.13. The summed E-state index contributed by atoms with van der Waals surface area (Å²) in [5, 5.41) is 0. The smallest absolute Gasteiger partial charge is 0.129 e. The average Bonchev–Trinajstić information content (AvgIpc) is 2.43. The Morgan fingerprint density at radius 1 is 1.43 bits per heavy atom. The summed E-state index contributed by atoms with van der Waals surface area (Å²) in [7, 11) is 0. The Morgan fingerprint density at radius 2 is 2.29 bits per heavy atom. The molecule has 0 bridgehead atoms. The number of aromatic nitrogens is 3. The molecule has 0 N–H and O–H groups in total. The van der Waals surface area contributed by atoms with E-state index in [-0.39, 0.29) is 0 Å². The zero-order valence-electron chi connectivity index (χ0n) is 7.65. The van der Waals surface area contributed by atoms with E-state index in [1.165, 1.54) is 25.1 Å². The molecule has 0 aliphatic heterocycles. The van der Waals surface area contributed by atoms with Gasteiger partial charge >= 0.3 is 0 Å². The zero-order valence-corrected chi connectivity index (χ0v) is 9.81. The standard InChI is InChI=1S/C10H10IN3/c11-9-8-6-12-4-5-14(8)10(13-9)7-2-1-3-7/h4-7H,1-3H2. The van der Waals surface area contributed by atoms with Crippen LogP contribution in [0.1, 0.15) is 31.0 Å². The van der Waals surface area contributed by atoms with Gasteiger partial charge in [-0.3, -0.25) is 9.38 Å². The molecular weight excluding hydrogens is 289 g/mol. The molecule has 0 unspecified atom stereocenters. The van der Waals surface area contributed by atoms with Gasteiger partial charge in [0.1, 0.15) is 9.53 Å². The minimum Gasteiger partial charge on any atom is -0.299 e. The Kier molecular flexibility index (Phi) is 1.97. The van der Waals surface area contributed by atoms with Crippen molar-refractivity contribution < 1.29 is 0 Å². The van der Waals surface area contributed by atoms with Crippen LogP contribution in [0.4, 0.5) is 0 Å². The number of fused-ring (bicyclic) bond motifs is 1. The molecule has 0 aromatic carbocycles. The van der Waals surface area contributed by atoms with Gasteiger partial charge in [0, 0.05) is 18.3 Å². The highest BCUT2D eigenvalue weighted by molar-refractivity contribution is 14.1. The quantitative estimate of drug-likeness (QED) is 0.758. The van der Waals surface area contributed by atoms with Crippen molar-refractivity contribution >= 4 is 28.1 Å². The van der Waals surface area contributed by atoms with Crippen molar-refractivity contribution in [3.63, 3.8) is 0 Å². The number of halogens is 1. The second kappa shape index (κ2) is 3.18. The molecule has 0 atom stereocenters. The lowest BCUT2D eigenvalue weighted by molar-refractivity contribution is 0.400. The third kappa shape index (κ3) is 1.16. The molecule has 0 spiro atoms. The maximum Gasteiger partial charge on any atom is 0.129 e. The van der Waals surface area contributed by atoms with Gasteiger partial charge in [0.15, 0.2) is 0 Å². The summed E-state index contributed by atoms with van der Waals surface area (Å²) in [6.07, 6.45) is 9.65. The van der Waals surface area contributed by atoms with Crippen molar-refractivity contribution in [2.45, 2.75) is 25.2 Å². The minimum atomic E-state index is 0.674. The third-order valence-electron chi connectivity index (χ3n) is 2.90. The molecule has 0 saturated heterocycles. The first-order valence-corrected chi connectivity index (χ1v) is 5.91. The van der Waals surface area contributed by atoms with Gasteiger partial charge in [-0.05, 0) is 35.4 Å². The van der Waals surface area contributed by atoms with Gasteiger partial charge in [0.25, 0.3) is 0 Å². The van der Waals surface area contributed by atoms with E-state index < -0.39 is 0 Å². The molecule has 1 saturated carbocycles. The Labute approximate surface area is 95.7 Å². The molecular formula is C10H10IN3. The average molecular weight is 299 g/mol. The van der Waals surface area contributed by atoms with E-state index in [9.17, 15) is 0 Å². The summed E-state index contributed by atoms with van der Waals surface area (Å²) in [5.74, 6) is 1.89. The van der Waals surface area contributed by atoms with E-state index in [0.29, 0.717) is 5.92 Å². The summed E-state index contributed by atoms with van der Waals surface area (Å²) in [4.78, 5) is 8.75. The molecule has 0 radical (unpaired) electrons. The van der Waals surface area contributed by atoms with E-state index in [1.54, 1.807) is 0 Å². The van der Waals surface area contributed by atoms with Gasteiger partial charge < -0.3 is 0 Å². The van der Waals surface area contributed by atoms with Crippen molar-refractivity contribution in [2.75, 3.05) is 0 Å². The Hall–Kier alpha value is -0.650. The fourth-order valence-electron chi connectivity index (χ4n) is 1.88. The molecule has 4 heteroatoms. The first-order chi connectivity index (χ1) is 6.86. The van der Waals surface area contributed by atoms with Crippen molar-refractivity contribution in [2.24, 2.45) is 0 Å². The SMILES string of the molecule is Ic1nc(C2CCC2)n2ccncc12. The van der Waals surface area contributed by atoms with Crippen LogP contribution in [0.5, 0.6) is 0 Å². The van der Waals surface area contributed by atoms with E-state index >= 15 is 0 Å². The van der Waals surface area contributed by atoms with Crippen LogP contribution in [0.2, 0.25) is 0 Å². The zero-order chi connectivity index (χ0) is 9.54. The molecule has 14 heavy (non-hydrogen) atoms. The number of hydrogen-bond acceptors (Lipinski definition) is 2. The van der Waals surface area contributed by atoms with Gasteiger partial charge in [0.05, 0.1) is 11.7 Å². The first-order valence-electron chi connectivity index (χ1n) is 4.84. The third-order valence-corrected chi connectivity index (χ3v) is 3.69. The largest absolute Gasteiger partial charge is 0.299 e. The fourth-order valence-corrected chi connectivity index (χ4v) is 2.53. The molecule has 72 valence electrons. The van der Waals surface area contributed by atoms with Crippen molar-refractivity contribution in [1.29, 1.82) is 0 Å². The normalized spacial score (nSPS) is 17.2. The first kappa shape index (κ1) is 8.64. The number of hydrogen-bond donors (Lipinski definition) is 0. The van der Waals surface area contributed by atoms with Crippen LogP contribution in [0.3, 0.4) is 0 Å². The summed E-state index contributed by atoms with van der Waals surface area (Å²) < 4.78 is 3.25. The lowest BCUT2D eigenvalue weighted by Crippen LogP contribution is -2.12. The van der Waals surface area contributed by atoms with Gasteiger partial charge in [-0.15, -0.1) is 0 Å². The summed E-state index contributed by atoms with van der Waals surface area (Å²) in [6.45, 7) is 0. The van der Waals surface area contributed by atoms with Gasteiger partial charge in [-0.2, -0.15) is 0 Å². The van der Waals surface area contributed by atoms with Crippen LogP contribution in [0.25, 0.3) is 5.52 Å². The molecule has 3 nitrogen and oxygen atoms in total. The molecule has 2 aromatic rings. The minimum absolute atomic E-state index is 0.674.